The third kappa shape index (κ3) is 5.90. The summed E-state index contributed by atoms with van der Waals surface area (Å²) in [6.07, 6.45) is 0. The van der Waals surface area contributed by atoms with Gasteiger partial charge in [0.15, 0.2) is 0 Å². The molecule has 0 bridgehead atoms. The maximum Gasteiger partial charge on any atom is 0.257 e. The molecule has 1 aliphatic carbocycles. The van der Waals surface area contributed by atoms with Gasteiger partial charge < -0.3 is 16.0 Å². The van der Waals surface area contributed by atoms with Crippen molar-refractivity contribution in [3.8, 4) is 0 Å². The van der Waals surface area contributed by atoms with Crippen LogP contribution in [0.25, 0.3) is 0 Å². The molecule has 0 radical (unpaired) electrons. The van der Waals surface area contributed by atoms with Gasteiger partial charge in [-0.1, -0.05) is 34.8 Å². The van der Waals surface area contributed by atoms with Gasteiger partial charge in [-0.2, -0.15) is 0 Å². The van der Waals surface area contributed by atoms with Crippen molar-refractivity contribution in [2.45, 2.75) is 17.2 Å². The average Bonchev–Trinajstić information content (AvgIpc) is 3.37. The van der Waals surface area contributed by atoms with Crippen LogP contribution < -0.4 is 16.0 Å². The SMILES string of the molecule is CC(=O)Nc1ccc(NC(=O)c2cc(NC(=O)C3C(c4cc(Cl)cc(Cl)c4)C3(Cl)Cl)ccc2Cl)cc1. The van der Waals surface area contributed by atoms with Crippen LogP contribution in [-0.2, 0) is 9.59 Å². The number of benzene rings is 3. The van der Waals surface area contributed by atoms with Crippen molar-refractivity contribution in [2.24, 2.45) is 5.92 Å². The van der Waals surface area contributed by atoms with Gasteiger partial charge in [0, 0.05) is 39.9 Å². The summed E-state index contributed by atoms with van der Waals surface area (Å²) in [5.41, 5.74) is 2.23. The lowest BCUT2D eigenvalue weighted by molar-refractivity contribution is -0.117. The monoisotopic (exact) mass is 583 g/mol. The van der Waals surface area contributed by atoms with Crippen LogP contribution >= 0.6 is 58.0 Å². The van der Waals surface area contributed by atoms with Gasteiger partial charge in [-0.25, -0.2) is 0 Å². The Bertz CT molecular complexity index is 1340. The molecule has 2 atom stereocenters. The second-order valence-corrected chi connectivity index (χ2v) is 11.0. The van der Waals surface area contributed by atoms with Crippen LogP contribution in [0.2, 0.25) is 15.1 Å². The van der Waals surface area contributed by atoms with Crippen molar-refractivity contribution < 1.29 is 14.4 Å². The molecule has 0 spiro atoms. The quantitative estimate of drug-likeness (QED) is 0.264. The zero-order valence-corrected chi connectivity index (χ0v) is 22.3. The second-order valence-electron chi connectivity index (χ2n) is 8.23. The van der Waals surface area contributed by atoms with Crippen LogP contribution in [0.15, 0.2) is 60.7 Å². The highest BCUT2D eigenvalue weighted by molar-refractivity contribution is 6.53. The topological polar surface area (TPSA) is 87.3 Å². The lowest BCUT2D eigenvalue weighted by atomic mass is 10.1. The molecule has 36 heavy (non-hydrogen) atoms. The van der Waals surface area contributed by atoms with E-state index in [2.05, 4.69) is 16.0 Å². The first-order chi connectivity index (χ1) is 17.0. The van der Waals surface area contributed by atoms with E-state index in [0.717, 1.165) is 0 Å². The number of alkyl halides is 2. The van der Waals surface area contributed by atoms with Gasteiger partial charge in [0.25, 0.3) is 5.91 Å². The Kier molecular flexibility index (Phi) is 7.74. The Labute approximate surface area is 232 Å². The summed E-state index contributed by atoms with van der Waals surface area (Å²) >= 11 is 31.2. The van der Waals surface area contributed by atoms with E-state index in [1.54, 1.807) is 48.5 Å². The number of hydrogen-bond donors (Lipinski definition) is 3. The fourth-order valence-electron chi connectivity index (χ4n) is 3.86. The number of amides is 3. The second kappa shape index (κ2) is 10.5. The maximum atomic E-state index is 13.0. The number of rotatable bonds is 6. The first kappa shape index (κ1) is 26.6. The summed E-state index contributed by atoms with van der Waals surface area (Å²) in [5, 5.41) is 9.14. The lowest BCUT2D eigenvalue weighted by Crippen LogP contribution is -2.18. The molecule has 0 saturated heterocycles. The minimum atomic E-state index is -1.34. The molecule has 186 valence electrons. The van der Waals surface area contributed by atoms with Crippen LogP contribution in [0.3, 0.4) is 0 Å². The minimum absolute atomic E-state index is 0.150. The third-order valence-electron chi connectivity index (χ3n) is 5.52. The molecule has 3 N–H and O–H groups in total. The van der Waals surface area contributed by atoms with Crippen LogP contribution in [0.4, 0.5) is 17.1 Å². The number of nitrogens with one attached hydrogen (secondary N) is 3. The van der Waals surface area contributed by atoms with Gasteiger partial charge in [-0.05, 0) is 66.2 Å². The Hall–Kier alpha value is -2.48. The highest BCUT2D eigenvalue weighted by atomic mass is 35.5. The van der Waals surface area contributed by atoms with E-state index in [1.807, 2.05) is 0 Å². The van der Waals surface area contributed by atoms with Crippen LogP contribution in [0, 0.1) is 5.92 Å². The largest absolute Gasteiger partial charge is 0.326 e. The highest BCUT2D eigenvalue weighted by Crippen LogP contribution is 2.65. The van der Waals surface area contributed by atoms with Gasteiger partial charge in [0.2, 0.25) is 11.8 Å². The zero-order chi connectivity index (χ0) is 26.2. The molecule has 4 rings (SSSR count). The molecule has 3 amide bonds. The molecule has 1 fully saturated rings. The summed E-state index contributed by atoms with van der Waals surface area (Å²) in [7, 11) is 0. The van der Waals surface area contributed by atoms with E-state index < -0.39 is 28.0 Å². The van der Waals surface area contributed by atoms with E-state index >= 15 is 0 Å². The summed E-state index contributed by atoms with van der Waals surface area (Å²) in [6, 6.07) is 16.0. The van der Waals surface area contributed by atoms with E-state index in [1.165, 1.54) is 19.1 Å². The molecule has 6 nitrogen and oxygen atoms in total. The average molecular weight is 586 g/mol. The normalized spacial score (nSPS) is 17.7. The molecule has 0 heterocycles. The third-order valence-corrected chi connectivity index (χ3v) is 7.23. The minimum Gasteiger partial charge on any atom is -0.326 e. The Morgan fingerprint density at radius 2 is 1.31 bits per heavy atom. The van der Waals surface area contributed by atoms with Crippen molar-refractivity contribution >= 4 is 92.8 Å². The van der Waals surface area contributed by atoms with Crippen molar-refractivity contribution in [1.82, 2.24) is 0 Å². The standard InChI is InChI=1S/C25H18Cl5N3O3/c1-12(34)31-16-2-4-17(5-3-16)32-23(35)19-11-18(6-7-20(19)28)33-24(36)22-21(25(22,29)30)13-8-14(26)10-15(27)9-13/h2-11,21-22H,1H3,(H,31,34)(H,32,35)(H,33,36). The van der Waals surface area contributed by atoms with Crippen molar-refractivity contribution in [3.05, 3.63) is 86.9 Å². The number of halogens is 5. The number of carbonyl (C=O) groups excluding carboxylic acids is 3. The Morgan fingerprint density at radius 3 is 1.89 bits per heavy atom. The van der Waals surface area contributed by atoms with Crippen molar-refractivity contribution in [3.63, 3.8) is 0 Å². The summed E-state index contributed by atoms with van der Waals surface area (Å²) in [6.45, 7) is 1.40. The van der Waals surface area contributed by atoms with Crippen LogP contribution in [0.1, 0.15) is 28.8 Å². The first-order valence-corrected chi connectivity index (χ1v) is 12.5. The number of anilines is 3. The smallest absolute Gasteiger partial charge is 0.257 e. The summed E-state index contributed by atoms with van der Waals surface area (Å²) < 4.78 is -1.34. The molecule has 2 unspecified atom stereocenters. The van der Waals surface area contributed by atoms with Crippen LogP contribution in [-0.4, -0.2) is 22.1 Å². The molecule has 3 aromatic rings. The lowest BCUT2D eigenvalue weighted by Gasteiger charge is -2.11. The predicted molar refractivity (Wildman–Crippen MR) is 146 cm³/mol. The fourth-order valence-corrected chi connectivity index (χ4v) is 5.43. The highest BCUT2D eigenvalue weighted by Gasteiger charge is 2.67. The Morgan fingerprint density at radius 1 is 0.750 bits per heavy atom. The van der Waals surface area contributed by atoms with Gasteiger partial charge >= 0.3 is 0 Å². The summed E-state index contributed by atoms with van der Waals surface area (Å²) in [5.74, 6) is -2.38. The number of carbonyl (C=O) groups is 3. The molecular weight excluding hydrogens is 568 g/mol. The molecule has 0 aliphatic heterocycles. The zero-order valence-electron chi connectivity index (χ0n) is 18.5. The molecule has 11 heteroatoms. The first-order valence-electron chi connectivity index (χ1n) is 10.6. The molecule has 3 aromatic carbocycles. The number of hydrogen-bond acceptors (Lipinski definition) is 3. The van der Waals surface area contributed by atoms with E-state index in [-0.39, 0.29) is 16.5 Å². The molecular formula is C25H18Cl5N3O3. The predicted octanol–water partition coefficient (Wildman–Crippen LogP) is 7.38. The fraction of sp³-hybridized carbons (Fsp3) is 0.160. The van der Waals surface area contributed by atoms with E-state index in [4.69, 9.17) is 58.0 Å². The van der Waals surface area contributed by atoms with Crippen molar-refractivity contribution in [1.29, 1.82) is 0 Å². The summed E-state index contributed by atoms with van der Waals surface area (Å²) in [4.78, 5) is 37.0. The van der Waals surface area contributed by atoms with Gasteiger partial charge in [-0.3, -0.25) is 14.4 Å². The molecule has 1 saturated carbocycles. The Balaban J connectivity index is 1.47. The van der Waals surface area contributed by atoms with Crippen molar-refractivity contribution in [2.75, 3.05) is 16.0 Å². The molecule has 0 aromatic heterocycles. The van der Waals surface area contributed by atoms with E-state index in [9.17, 15) is 14.4 Å². The van der Waals surface area contributed by atoms with Gasteiger partial charge in [-0.15, -0.1) is 23.2 Å². The maximum absolute atomic E-state index is 13.0. The van der Waals surface area contributed by atoms with Gasteiger partial charge in [0.1, 0.15) is 4.33 Å². The van der Waals surface area contributed by atoms with E-state index in [0.29, 0.717) is 32.7 Å². The van der Waals surface area contributed by atoms with Crippen LogP contribution in [0.5, 0.6) is 0 Å². The molecule has 1 aliphatic rings. The van der Waals surface area contributed by atoms with Gasteiger partial charge in [0.05, 0.1) is 16.5 Å².